The van der Waals surface area contributed by atoms with Crippen LogP contribution in [0, 0.1) is 35.9 Å². The highest BCUT2D eigenvalue weighted by Crippen LogP contribution is 2.42. The second-order valence-electron chi connectivity index (χ2n) is 11.3. The molecule has 0 N–H and O–H groups in total. The molecule has 0 aliphatic carbocycles. The molecule has 5 rings (SSSR count). The molecule has 2 aromatic heterocycles. The van der Waals surface area contributed by atoms with Crippen molar-refractivity contribution in [2.75, 3.05) is 27.2 Å². The van der Waals surface area contributed by atoms with E-state index in [1.165, 1.54) is 0 Å². The van der Waals surface area contributed by atoms with E-state index in [0.29, 0.717) is 58.5 Å². The van der Waals surface area contributed by atoms with Gasteiger partial charge in [-0.3, -0.25) is 4.79 Å². The molecular weight excluding hydrogens is 604 g/mol. The normalized spacial score (nSPS) is 17.4. The SMILES string of the molecule is CC#CC(=O)N1CC[C@H](n2nnc3c(O[C@@H](C)CN(C)C)nc4c(F)c(-c5cccc(Cl)c5C)c(Cl)cc4c32)C[C@H]1CC#N. The Labute approximate surface area is 265 Å². The number of amides is 1. The van der Waals surface area contributed by atoms with Crippen LogP contribution in [0.2, 0.25) is 10.0 Å². The molecule has 0 unspecified atom stereocenters. The largest absolute Gasteiger partial charge is 0.472 e. The number of hydrogen-bond donors (Lipinski definition) is 0. The Morgan fingerprint density at radius 3 is 2.75 bits per heavy atom. The lowest BCUT2D eigenvalue weighted by atomic mass is 9.94. The summed E-state index contributed by atoms with van der Waals surface area (Å²) in [5.74, 6) is 4.46. The second kappa shape index (κ2) is 13.0. The molecule has 9 nitrogen and oxygen atoms in total. The molecule has 1 amide bonds. The minimum absolute atomic E-state index is 0.0614. The molecule has 0 bridgehead atoms. The van der Waals surface area contributed by atoms with Crippen molar-refractivity contribution in [1.29, 1.82) is 5.26 Å². The predicted molar refractivity (Wildman–Crippen MR) is 169 cm³/mol. The van der Waals surface area contributed by atoms with Crippen LogP contribution >= 0.6 is 23.2 Å². The van der Waals surface area contributed by atoms with Gasteiger partial charge in [0, 0.05) is 35.1 Å². The number of pyridine rings is 1. The molecular formula is C32H32Cl2FN7O2. The zero-order valence-electron chi connectivity index (χ0n) is 25.2. The number of piperidine rings is 1. The Kier molecular flexibility index (Phi) is 9.26. The molecule has 1 aliphatic rings. The fourth-order valence-electron chi connectivity index (χ4n) is 5.94. The molecule has 1 aliphatic heterocycles. The summed E-state index contributed by atoms with van der Waals surface area (Å²) in [6.45, 7) is 6.29. The van der Waals surface area contributed by atoms with E-state index in [1.807, 2.05) is 32.8 Å². The standard InChI is InChI=1S/C32H32Cl2FN7O2/c1-6-8-26(43)41-14-12-21(15-20(41)11-13-36)42-31-23-16-25(34)27(22-9-7-10-24(33)19(22)3)28(35)29(23)37-32(30(31)38-39-42)44-18(2)17-40(4)5/h7,9-10,16,18,20-21H,11-12,14-15,17H2,1-5H3/t18-,20+,21-/m0/s1. The number of fused-ring (bicyclic) bond motifs is 3. The number of nitrogens with zero attached hydrogens (tertiary/aromatic N) is 7. The van der Waals surface area contributed by atoms with Crippen LogP contribution in [0.15, 0.2) is 24.3 Å². The minimum Gasteiger partial charge on any atom is -0.472 e. The van der Waals surface area contributed by atoms with Crippen LogP contribution in [0.1, 0.15) is 44.7 Å². The van der Waals surface area contributed by atoms with Gasteiger partial charge in [-0.05, 0) is 76.9 Å². The molecule has 4 aromatic rings. The van der Waals surface area contributed by atoms with Crippen LogP contribution in [0.3, 0.4) is 0 Å². The van der Waals surface area contributed by atoms with E-state index in [9.17, 15) is 10.1 Å². The number of carbonyl (C=O) groups is 1. The van der Waals surface area contributed by atoms with Crippen molar-refractivity contribution in [3.63, 3.8) is 0 Å². The molecule has 0 radical (unpaired) electrons. The number of likely N-dealkylation sites (tertiary alicyclic amines) is 1. The molecule has 12 heteroatoms. The van der Waals surface area contributed by atoms with Crippen LogP contribution in [0.5, 0.6) is 5.88 Å². The number of carbonyl (C=O) groups excluding carboxylic acids is 1. The van der Waals surface area contributed by atoms with Crippen molar-refractivity contribution in [3.8, 4) is 34.9 Å². The summed E-state index contributed by atoms with van der Waals surface area (Å²) >= 11 is 13.2. The molecule has 0 saturated carbocycles. The maximum absolute atomic E-state index is 16.6. The van der Waals surface area contributed by atoms with Crippen LogP contribution in [0.4, 0.5) is 4.39 Å². The number of rotatable bonds is 7. The van der Waals surface area contributed by atoms with Crippen molar-refractivity contribution in [2.24, 2.45) is 0 Å². The fraction of sp³-hybridized carbons (Fsp3) is 0.406. The van der Waals surface area contributed by atoms with E-state index in [0.717, 1.165) is 0 Å². The average molecular weight is 637 g/mol. The van der Waals surface area contributed by atoms with Gasteiger partial charge in [-0.15, -0.1) is 5.10 Å². The Morgan fingerprint density at radius 2 is 2.05 bits per heavy atom. The van der Waals surface area contributed by atoms with E-state index in [2.05, 4.69) is 33.2 Å². The van der Waals surface area contributed by atoms with E-state index in [-0.39, 0.29) is 52.5 Å². The van der Waals surface area contributed by atoms with Crippen LogP contribution < -0.4 is 4.74 Å². The number of ether oxygens (including phenoxy) is 1. The number of benzene rings is 2. The molecule has 3 heterocycles. The lowest BCUT2D eigenvalue weighted by molar-refractivity contribution is -0.129. The highest BCUT2D eigenvalue weighted by molar-refractivity contribution is 6.35. The summed E-state index contributed by atoms with van der Waals surface area (Å²) in [5, 5.41) is 19.6. The van der Waals surface area contributed by atoms with Gasteiger partial charge in [0.25, 0.3) is 5.91 Å². The lowest BCUT2D eigenvalue weighted by Gasteiger charge is -2.37. The molecule has 44 heavy (non-hydrogen) atoms. The van der Waals surface area contributed by atoms with Gasteiger partial charge < -0.3 is 14.5 Å². The van der Waals surface area contributed by atoms with E-state index >= 15 is 4.39 Å². The van der Waals surface area contributed by atoms with Gasteiger partial charge in [-0.1, -0.05) is 46.5 Å². The van der Waals surface area contributed by atoms with Gasteiger partial charge in [0.05, 0.1) is 23.6 Å². The summed E-state index contributed by atoms with van der Waals surface area (Å²) in [4.78, 5) is 20.9. The van der Waals surface area contributed by atoms with Gasteiger partial charge in [0.15, 0.2) is 11.3 Å². The first-order valence-electron chi connectivity index (χ1n) is 14.3. The fourth-order valence-corrected chi connectivity index (χ4v) is 6.41. The van der Waals surface area contributed by atoms with Gasteiger partial charge in [-0.2, -0.15) is 5.26 Å². The van der Waals surface area contributed by atoms with Gasteiger partial charge in [-0.25, -0.2) is 14.1 Å². The Balaban J connectivity index is 1.71. The summed E-state index contributed by atoms with van der Waals surface area (Å²) < 4.78 is 24.6. The number of halogens is 3. The average Bonchev–Trinajstić information content (AvgIpc) is 3.42. The molecule has 3 atom stereocenters. The number of likely N-dealkylation sites (N-methyl/N-ethyl adjacent to an activating group) is 1. The zero-order chi connectivity index (χ0) is 31.7. The second-order valence-corrected chi connectivity index (χ2v) is 12.1. The third-order valence-electron chi connectivity index (χ3n) is 7.88. The molecule has 1 saturated heterocycles. The maximum Gasteiger partial charge on any atom is 0.298 e. The van der Waals surface area contributed by atoms with Crippen molar-refractivity contribution in [2.45, 2.75) is 58.2 Å². The Bertz CT molecular complexity index is 1860. The first-order chi connectivity index (χ1) is 21.0. The summed E-state index contributed by atoms with van der Waals surface area (Å²) in [6, 6.07) is 8.52. The van der Waals surface area contributed by atoms with Crippen LogP contribution in [-0.4, -0.2) is 75.0 Å². The lowest BCUT2D eigenvalue weighted by Crippen LogP contribution is -2.46. The highest BCUT2D eigenvalue weighted by atomic mass is 35.5. The topological polar surface area (TPSA) is 100 Å². The Hall–Kier alpha value is -3.96. The maximum atomic E-state index is 16.6. The van der Waals surface area contributed by atoms with Crippen molar-refractivity contribution < 1.29 is 13.9 Å². The first-order valence-corrected chi connectivity index (χ1v) is 15.0. The molecule has 0 spiro atoms. The third kappa shape index (κ3) is 5.90. The number of nitriles is 1. The molecule has 228 valence electrons. The molecule has 1 fully saturated rings. The van der Waals surface area contributed by atoms with E-state index < -0.39 is 5.82 Å². The van der Waals surface area contributed by atoms with E-state index in [4.69, 9.17) is 27.9 Å². The summed E-state index contributed by atoms with van der Waals surface area (Å²) in [6.07, 6.45) is 0.824. The van der Waals surface area contributed by atoms with Gasteiger partial charge >= 0.3 is 0 Å². The van der Waals surface area contributed by atoms with Crippen LogP contribution in [0.25, 0.3) is 33.1 Å². The minimum atomic E-state index is -0.612. The van der Waals surface area contributed by atoms with Crippen molar-refractivity contribution in [1.82, 2.24) is 29.8 Å². The predicted octanol–water partition coefficient (Wildman–Crippen LogP) is 6.20. The van der Waals surface area contributed by atoms with Gasteiger partial charge in [0.1, 0.15) is 17.1 Å². The first kappa shape index (κ1) is 31.5. The number of hydrogen-bond acceptors (Lipinski definition) is 7. The monoisotopic (exact) mass is 635 g/mol. The molecule has 2 aromatic carbocycles. The highest BCUT2D eigenvalue weighted by Gasteiger charge is 2.34. The Morgan fingerprint density at radius 1 is 1.27 bits per heavy atom. The quantitative estimate of drug-likeness (QED) is 0.223. The number of aromatic nitrogens is 4. The van der Waals surface area contributed by atoms with Gasteiger partial charge in [0.2, 0.25) is 5.88 Å². The summed E-state index contributed by atoms with van der Waals surface area (Å²) in [5.41, 5.74) is 2.39. The van der Waals surface area contributed by atoms with Crippen molar-refractivity contribution >= 4 is 51.0 Å². The zero-order valence-corrected chi connectivity index (χ0v) is 26.7. The van der Waals surface area contributed by atoms with Crippen molar-refractivity contribution in [3.05, 3.63) is 45.7 Å². The van der Waals surface area contributed by atoms with Crippen LogP contribution in [-0.2, 0) is 4.79 Å². The third-order valence-corrected chi connectivity index (χ3v) is 8.59. The smallest absolute Gasteiger partial charge is 0.298 e. The summed E-state index contributed by atoms with van der Waals surface area (Å²) in [7, 11) is 3.86. The van der Waals surface area contributed by atoms with E-state index in [1.54, 1.807) is 40.8 Å².